The molecule has 0 saturated carbocycles. The van der Waals surface area contributed by atoms with Crippen LogP contribution in [0.25, 0.3) is 0 Å². The number of hydrogen-bond donors (Lipinski definition) is 3. The highest BCUT2D eigenvalue weighted by Gasteiger charge is 2.18. The molecule has 1 fully saturated rings. The molecule has 0 aromatic heterocycles. The molecule has 0 aliphatic carbocycles. The third-order valence-corrected chi connectivity index (χ3v) is 3.55. The molecule has 1 saturated heterocycles. The van der Waals surface area contributed by atoms with Gasteiger partial charge in [-0.25, -0.2) is 0 Å². The summed E-state index contributed by atoms with van der Waals surface area (Å²) in [5.74, 6) is 0.0909. The lowest BCUT2D eigenvalue weighted by Crippen LogP contribution is -2.43. The minimum absolute atomic E-state index is 0.0424. The second kappa shape index (κ2) is 7.26. The maximum Gasteiger partial charge on any atom is 0.237 e. The fraction of sp³-hybridized carbons (Fsp3) is 0.533. The summed E-state index contributed by atoms with van der Waals surface area (Å²) in [5, 5.41) is 15.2. The molecule has 3 N–H and O–H groups in total. The van der Waals surface area contributed by atoms with Crippen LogP contribution < -0.4 is 10.6 Å². The Morgan fingerprint density at radius 3 is 2.68 bits per heavy atom. The van der Waals surface area contributed by atoms with Crippen molar-refractivity contribution in [1.82, 2.24) is 10.6 Å². The van der Waals surface area contributed by atoms with Gasteiger partial charge in [0.05, 0.1) is 12.6 Å². The van der Waals surface area contributed by atoms with Crippen molar-refractivity contribution in [2.24, 2.45) is 0 Å². The van der Waals surface area contributed by atoms with Crippen molar-refractivity contribution < 1.29 is 9.90 Å². The molecule has 1 heterocycles. The Morgan fingerprint density at radius 2 is 1.95 bits per heavy atom. The van der Waals surface area contributed by atoms with E-state index in [1.54, 1.807) is 0 Å². The molecule has 1 aromatic rings. The van der Waals surface area contributed by atoms with Crippen LogP contribution in [0.4, 0.5) is 0 Å². The number of nitrogens with one attached hydrogen (secondary N) is 2. The average Bonchev–Trinajstić information content (AvgIpc) is 2.74. The normalized spacial score (nSPS) is 19.7. The zero-order valence-electron chi connectivity index (χ0n) is 11.2. The Bertz CT molecular complexity index is 395. The van der Waals surface area contributed by atoms with E-state index in [4.69, 9.17) is 5.11 Å². The number of carbonyl (C=O) groups excluding carboxylic acids is 1. The molecule has 2 rings (SSSR count). The molecule has 1 aromatic carbocycles. The van der Waals surface area contributed by atoms with Gasteiger partial charge in [0.1, 0.15) is 0 Å². The van der Waals surface area contributed by atoms with Gasteiger partial charge in [-0.2, -0.15) is 0 Å². The van der Waals surface area contributed by atoms with Gasteiger partial charge in [0.15, 0.2) is 0 Å². The fourth-order valence-electron chi connectivity index (χ4n) is 2.33. The van der Waals surface area contributed by atoms with Gasteiger partial charge < -0.3 is 15.7 Å². The average molecular weight is 262 g/mol. The summed E-state index contributed by atoms with van der Waals surface area (Å²) in [6.45, 7) is 1.53. The van der Waals surface area contributed by atoms with Gasteiger partial charge in [-0.1, -0.05) is 37.1 Å². The van der Waals surface area contributed by atoms with Crippen LogP contribution in [0.1, 0.15) is 36.8 Å². The molecular weight excluding hydrogens is 240 g/mol. The Kier molecular flexibility index (Phi) is 5.36. The zero-order valence-corrected chi connectivity index (χ0v) is 11.2. The van der Waals surface area contributed by atoms with Gasteiger partial charge in [0, 0.05) is 6.54 Å². The van der Waals surface area contributed by atoms with E-state index in [0.717, 1.165) is 36.9 Å². The van der Waals surface area contributed by atoms with Gasteiger partial charge >= 0.3 is 0 Å². The van der Waals surface area contributed by atoms with Crippen LogP contribution in [0.15, 0.2) is 24.3 Å². The van der Waals surface area contributed by atoms with Crippen molar-refractivity contribution in [2.45, 2.75) is 44.9 Å². The van der Waals surface area contributed by atoms with Gasteiger partial charge in [-0.3, -0.25) is 4.79 Å². The summed E-state index contributed by atoms with van der Waals surface area (Å²) in [7, 11) is 0. The SMILES string of the molecule is O=C(NCc1ccc(CO)cc1)C1CCCCCN1. The number of benzene rings is 1. The number of amides is 1. The maximum absolute atomic E-state index is 12.0. The van der Waals surface area contributed by atoms with Crippen molar-refractivity contribution in [3.63, 3.8) is 0 Å². The third kappa shape index (κ3) is 4.33. The molecule has 1 aliphatic rings. The maximum atomic E-state index is 12.0. The van der Waals surface area contributed by atoms with E-state index in [1.807, 2.05) is 24.3 Å². The second-order valence-electron chi connectivity index (χ2n) is 5.05. The Labute approximate surface area is 114 Å². The summed E-state index contributed by atoms with van der Waals surface area (Å²) in [5.41, 5.74) is 1.94. The molecule has 1 atom stereocenters. The second-order valence-corrected chi connectivity index (χ2v) is 5.05. The number of carbonyl (C=O) groups is 1. The highest BCUT2D eigenvalue weighted by Crippen LogP contribution is 2.09. The first-order valence-corrected chi connectivity index (χ1v) is 6.99. The monoisotopic (exact) mass is 262 g/mol. The predicted octanol–water partition coefficient (Wildman–Crippen LogP) is 1.33. The summed E-state index contributed by atoms with van der Waals surface area (Å²) in [6, 6.07) is 7.59. The molecular formula is C15H22N2O2. The summed E-state index contributed by atoms with van der Waals surface area (Å²) in [6.07, 6.45) is 4.41. The van der Waals surface area contributed by atoms with Crippen molar-refractivity contribution in [1.29, 1.82) is 0 Å². The highest BCUT2D eigenvalue weighted by molar-refractivity contribution is 5.81. The van der Waals surface area contributed by atoms with E-state index in [9.17, 15) is 4.79 Å². The van der Waals surface area contributed by atoms with E-state index in [1.165, 1.54) is 6.42 Å². The van der Waals surface area contributed by atoms with Crippen LogP contribution >= 0.6 is 0 Å². The molecule has 104 valence electrons. The number of aliphatic hydroxyl groups is 1. The topological polar surface area (TPSA) is 61.4 Å². The van der Waals surface area contributed by atoms with Crippen LogP contribution in [0, 0.1) is 0 Å². The minimum Gasteiger partial charge on any atom is -0.392 e. The lowest BCUT2D eigenvalue weighted by Gasteiger charge is -2.15. The van der Waals surface area contributed by atoms with Gasteiger partial charge in [0.25, 0.3) is 0 Å². The first kappa shape index (κ1) is 14.0. The first-order chi connectivity index (χ1) is 9.29. The lowest BCUT2D eigenvalue weighted by molar-refractivity contribution is -0.123. The molecule has 0 radical (unpaired) electrons. The van der Waals surface area contributed by atoms with E-state index < -0.39 is 0 Å². The number of aliphatic hydroxyl groups excluding tert-OH is 1. The number of rotatable bonds is 4. The minimum atomic E-state index is -0.0424. The largest absolute Gasteiger partial charge is 0.392 e. The lowest BCUT2D eigenvalue weighted by atomic mass is 10.1. The van der Waals surface area contributed by atoms with Crippen LogP contribution in [0.2, 0.25) is 0 Å². The summed E-state index contributed by atoms with van der Waals surface area (Å²) < 4.78 is 0. The van der Waals surface area contributed by atoms with Gasteiger partial charge in [-0.15, -0.1) is 0 Å². The fourth-order valence-corrected chi connectivity index (χ4v) is 2.33. The molecule has 4 nitrogen and oxygen atoms in total. The van der Waals surface area contributed by atoms with Crippen molar-refractivity contribution in [2.75, 3.05) is 6.54 Å². The third-order valence-electron chi connectivity index (χ3n) is 3.55. The first-order valence-electron chi connectivity index (χ1n) is 6.99. The van der Waals surface area contributed by atoms with Gasteiger partial charge in [-0.05, 0) is 30.5 Å². The van der Waals surface area contributed by atoms with Crippen LogP contribution in [-0.2, 0) is 17.9 Å². The van der Waals surface area contributed by atoms with E-state index in [0.29, 0.717) is 6.54 Å². The summed E-state index contributed by atoms with van der Waals surface area (Å²) in [4.78, 5) is 12.0. The highest BCUT2D eigenvalue weighted by atomic mass is 16.3. The molecule has 4 heteroatoms. The predicted molar refractivity (Wildman–Crippen MR) is 74.5 cm³/mol. The molecule has 1 amide bonds. The van der Waals surface area contributed by atoms with Crippen molar-refractivity contribution in [3.05, 3.63) is 35.4 Å². The molecule has 0 bridgehead atoms. The number of hydrogen-bond acceptors (Lipinski definition) is 3. The molecule has 1 unspecified atom stereocenters. The van der Waals surface area contributed by atoms with Crippen LogP contribution in [-0.4, -0.2) is 23.6 Å². The van der Waals surface area contributed by atoms with Crippen LogP contribution in [0.5, 0.6) is 0 Å². The Balaban J connectivity index is 1.81. The molecule has 19 heavy (non-hydrogen) atoms. The Morgan fingerprint density at radius 1 is 1.21 bits per heavy atom. The molecule has 0 spiro atoms. The Hall–Kier alpha value is -1.39. The zero-order chi connectivity index (χ0) is 13.5. The quantitative estimate of drug-likeness (QED) is 0.767. The smallest absolute Gasteiger partial charge is 0.237 e. The van der Waals surface area contributed by atoms with Crippen LogP contribution in [0.3, 0.4) is 0 Å². The molecule has 1 aliphatic heterocycles. The van der Waals surface area contributed by atoms with Crippen molar-refractivity contribution in [3.8, 4) is 0 Å². The standard InChI is InChI=1S/C15H22N2O2/c18-11-13-7-5-12(6-8-13)10-17-15(19)14-4-2-1-3-9-16-14/h5-8,14,16,18H,1-4,9-11H2,(H,17,19). The van der Waals surface area contributed by atoms with Gasteiger partial charge in [0.2, 0.25) is 5.91 Å². The summed E-state index contributed by atoms with van der Waals surface area (Å²) >= 11 is 0. The van der Waals surface area contributed by atoms with E-state index >= 15 is 0 Å². The van der Waals surface area contributed by atoms with Crippen molar-refractivity contribution >= 4 is 5.91 Å². The van der Waals surface area contributed by atoms with E-state index in [2.05, 4.69) is 10.6 Å². The van der Waals surface area contributed by atoms with E-state index in [-0.39, 0.29) is 18.6 Å².